The van der Waals surface area contributed by atoms with Crippen LogP contribution in [0.15, 0.2) is 12.2 Å². The van der Waals surface area contributed by atoms with Crippen LogP contribution < -0.4 is 0 Å². The molecule has 48 heavy (non-hydrogen) atoms. The van der Waals surface area contributed by atoms with Crippen LogP contribution in [-0.4, -0.2) is 37.0 Å². The topological polar surface area (TPSA) is 55.8 Å². The number of aliphatic hydroxyl groups excluding tert-OH is 1. The quantitative estimate of drug-likeness (QED) is 0.0397. The highest BCUT2D eigenvalue weighted by Gasteiger charge is 2.13. The largest absolute Gasteiger partial charge is 0.457 e. The van der Waals surface area contributed by atoms with E-state index >= 15 is 0 Å². The molecule has 1 unspecified atom stereocenters. The second-order valence-electron chi connectivity index (χ2n) is 14.8. The average Bonchev–Trinajstić information content (AvgIpc) is 3.09. The number of carbonyl (C=O) groups is 1. The number of allylic oxidation sites excluding steroid dienone is 2. The zero-order valence-electron chi connectivity index (χ0n) is 32.8. The normalized spacial score (nSPS) is 12.3. The molecule has 0 rings (SSSR count). The molecule has 0 amide bonds. The summed E-state index contributed by atoms with van der Waals surface area (Å²) < 4.78 is 11.2. The zero-order chi connectivity index (χ0) is 34.9. The van der Waals surface area contributed by atoms with E-state index in [9.17, 15) is 9.90 Å². The van der Waals surface area contributed by atoms with Crippen molar-refractivity contribution in [2.45, 2.75) is 245 Å². The molecule has 0 saturated carbocycles. The van der Waals surface area contributed by atoms with E-state index in [2.05, 4.69) is 26.0 Å². The number of ether oxygens (including phenoxy) is 2. The predicted molar refractivity (Wildman–Crippen MR) is 210 cm³/mol. The molecule has 0 aliphatic heterocycles. The zero-order valence-corrected chi connectivity index (χ0v) is 32.8. The van der Waals surface area contributed by atoms with Gasteiger partial charge in [-0.2, -0.15) is 0 Å². The van der Waals surface area contributed by atoms with Gasteiger partial charge in [-0.25, -0.2) is 0 Å². The van der Waals surface area contributed by atoms with Crippen LogP contribution in [0.2, 0.25) is 0 Å². The van der Waals surface area contributed by atoms with Gasteiger partial charge in [0.1, 0.15) is 6.10 Å². The molecule has 1 N–H and O–H groups in total. The maximum Gasteiger partial charge on any atom is 0.306 e. The molecule has 0 spiro atoms. The molecule has 0 aromatic heterocycles. The van der Waals surface area contributed by atoms with Crippen molar-refractivity contribution >= 4 is 5.97 Å². The first-order chi connectivity index (χ1) is 23.7. The Kier molecular flexibility index (Phi) is 41.5. The summed E-state index contributed by atoms with van der Waals surface area (Å²) in [5.41, 5.74) is 0. The Balaban J connectivity index is 3.38. The summed E-state index contributed by atoms with van der Waals surface area (Å²) in [6, 6.07) is 0. The third kappa shape index (κ3) is 39.6. The van der Waals surface area contributed by atoms with E-state index in [1.54, 1.807) is 0 Å². The fourth-order valence-corrected chi connectivity index (χ4v) is 6.56. The van der Waals surface area contributed by atoms with Crippen LogP contribution in [0.1, 0.15) is 239 Å². The molecule has 1 atom stereocenters. The molecule has 0 saturated heterocycles. The Bertz CT molecular complexity index is 633. The van der Waals surface area contributed by atoms with Gasteiger partial charge in [-0.15, -0.1) is 0 Å². The summed E-state index contributed by atoms with van der Waals surface area (Å²) >= 11 is 0. The maximum absolute atomic E-state index is 12.2. The minimum absolute atomic E-state index is 0.166. The number of carbonyl (C=O) groups excluding carboxylic acids is 1. The third-order valence-electron chi connectivity index (χ3n) is 9.84. The summed E-state index contributed by atoms with van der Waals surface area (Å²) in [6.45, 7) is 5.39. The van der Waals surface area contributed by atoms with Crippen LogP contribution >= 0.6 is 0 Å². The first kappa shape index (κ1) is 47.1. The van der Waals surface area contributed by atoms with Crippen LogP contribution in [-0.2, 0) is 14.3 Å². The second kappa shape index (κ2) is 42.3. The van der Waals surface area contributed by atoms with Gasteiger partial charge in [0, 0.05) is 13.0 Å². The number of rotatable bonds is 41. The molecule has 0 aliphatic rings. The number of unbranched alkanes of at least 4 members (excludes halogenated alkanes) is 31. The van der Waals surface area contributed by atoms with Crippen molar-refractivity contribution < 1.29 is 19.4 Å². The molecule has 0 radical (unpaired) electrons. The van der Waals surface area contributed by atoms with Crippen LogP contribution in [0.3, 0.4) is 0 Å². The maximum atomic E-state index is 12.2. The molecule has 0 aromatic rings. The third-order valence-corrected chi connectivity index (χ3v) is 9.84. The predicted octanol–water partition coefficient (Wildman–Crippen LogP) is 14.2. The van der Waals surface area contributed by atoms with E-state index < -0.39 is 6.10 Å². The van der Waals surface area contributed by atoms with Crippen LogP contribution in [0.25, 0.3) is 0 Å². The van der Waals surface area contributed by atoms with Gasteiger partial charge in [0.05, 0.1) is 13.2 Å². The highest BCUT2D eigenvalue weighted by atomic mass is 16.6. The van der Waals surface area contributed by atoms with E-state index in [1.165, 1.54) is 199 Å². The Hall–Kier alpha value is -0.870. The standard InChI is InChI=1S/C44H86O4/c1-3-5-7-9-11-13-15-17-19-20-21-22-23-24-25-27-29-31-33-35-37-39-44(46)48-43(41-45)42-47-40-38-36-34-32-30-28-26-18-16-14-12-10-8-6-4-2/h20-21,43,45H,3-19,22-42H2,1-2H3/b21-20-. The van der Waals surface area contributed by atoms with Gasteiger partial charge in [0.2, 0.25) is 0 Å². The smallest absolute Gasteiger partial charge is 0.306 e. The highest BCUT2D eigenvalue weighted by Crippen LogP contribution is 2.15. The summed E-state index contributed by atoms with van der Waals surface area (Å²) in [6.07, 6.45) is 49.8. The minimum atomic E-state index is -0.528. The molecule has 0 aromatic carbocycles. The summed E-state index contributed by atoms with van der Waals surface area (Å²) in [5, 5.41) is 9.60. The molecule has 0 fully saturated rings. The SMILES string of the molecule is CCCCCCCCCC/C=C\CCCCCCCCCCCC(=O)OC(CO)COCCCCCCCCCCCCCCCCC. The average molecular weight is 679 g/mol. The van der Waals surface area contributed by atoms with Crippen molar-refractivity contribution in [3.05, 3.63) is 12.2 Å². The van der Waals surface area contributed by atoms with Crippen molar-refractivity contribution in [1.82, 2.24) is 0 Å². The van der Waals surface area contributed by atoms with Gasteiger partial charge in [-0.1, -0.05) is 206 Å². The van der Waals surface area contributed by atoms with Crippen LogP contribution in [0.5, 0.6) is 0 Å². The van der Waals surface area contributed by atoms with E-state index in [4.69, 9.17) is 9.47 Å². The molecule has 4 nitrogen and oxygen atoms in total. The van der Waals surface area contributed by atoms with Crippen LogP contribution in [0, 0.1) is 0 Å². The minimum Gasteiger partial charge on any atom is -0.457 e. The van der Waals surface area contributed by atoms with Gasteiger partial charge < -0.3 is 14.6 Å². The number of esters is 1. The highest BCUT2D eigenvalue weighted by molar-refractivity contribution is 5.69. The van der Waals surface area contributed by atoms with E-state index in [0.29, 0.717) is 19.6 Å². The first-order valence-corrected chi connectivity index (χ1v) is 21.8. The molecular formula is C44H86O4. The fraction of sp³-hybridized carbons (Fsp3) is 0.932. The van der Waals surface area contributed by atoms with Crippen molar-refractivity contribution in [1.29, 1.82) is 0 Å². The fourth-order valence-electron chi connectivity index (χ4n) is 6.56. The Morgan fingerprint density at radius 2 is 0.812 bits per heavy atom. The van der Waals surface area contributed by atoms with Gasteiger partial charge in [0.15, 0.2) is 0 Å². The molecule has 286 valence electrons. The van der Waals surface area contributed by atoms with Gasteiger partial charge in [0.25, 0.3) is 0 Å². The van der Waals surface area contributed by atoms with Gasteiger partial charge >= 0.3 is 5.97 Å². The van der Waals surface area contributed by atoms with E-state index in [0.717, 1.165) is 19.3 Å². The first-order valence-electron chi connectivity index (χ1n) is 21.8. The van der Waals surface area contributed by atoms with Gasteiger partial charge in [-0.05, 0) is 38.5 Å². The Labute approximate surface area is 301 Å². The summed E-state index contributed by atoms with van der Waals surface area (Å²) in [5.74, 6) is -0.198. The number of aliphatic hydroxyl groups is 1. The summed E-state index contributed by atoms with van der Waals surface area (Å²) in [7, 11) is 0. The summed E-state index contributed by atoms with van der Waals surface area (Å²) in [4.78, 5) is 12.2. The molecule has 0 heterocycles. The second-order valence-corrected chi connectivity index (χ2v) is 14.8. The van der Waals surface area contributed by atoms with Crippen molar-refractivity contribution in [3.8, 4) is 0 Å². The lowest BCUT2D eigenvalue weighted by Crippen LogP contribution is -2.27. The Morgan fingerprint density at radius 1 is 0.479 bits per heavy atom. The lowest BCUT2D eigenvalue weighted by atomic mass is 10.0. The lowest BCUT2D eigenvalue weighted by Gasteiger charge is -2.16. The monoisotopic (exact) mass is 679 g/mol. The molecule has 0 aliphatic carbocycles. The van der Waals surface area contributed by atoms with E-state index in [-0.39, 0.29) is 12.6 Å². The molecule has 0 bridgehead atoms. The van der Waals surface area contributed by atoms with Crippen molar-refractivity contribution in [2.75, 3.05) is 19.8 Å². The Morgan fingerprint density at radius 3 is 1.19 bits per heavy atom. The van der Waals surface area contributed by atoms with Crippen molar-refractivity contribution in [2.24, 2.45) is 0 Å². The molecule has 4 heteroatoms. The molecular weight excluding hydrogens is 592 g/mol. The van der Waals surface area contributed by atoms with Crippen molar-refractivity contribution in [3.63, 3.8) is 0 Å². The number of hydrogen-bond donors (Lipinski definition) is 1. The lowest BCUT2D eigenvalue weighted by molar-refractivity contribution is -0.154. The number of hydrogen-bond acceptors (Lipinski definition) is 4. The van der Waals surface area contributed by atoms with Crippen LogP contribution in [0.4, 0.5) is 0 Å². The van der Waals surface area contributed by atoms with E-state index in [1.807, 2.05) is 0 Å². The van der Waals surface area contributed by atoms with Gasteiger partial charge in [-0.3, -0.25) is 4.79 Å².